The second-order valence-electron chi connectivity index (χ2n) is 4.31. The second kappa shape index (κ2) is 7.16. The number of Topliss-reactive ketones (excluding diaryl/α,β-unsaturated/α-hetero) is 1. The fourth-order valence-electron chi connectivity index (χ4n) is 1.51. The van der Waals surface area contributed by atoms with Gasteiger partial charge < -0.3 is 5.32 Å². The Morgan fingerprint density at radius 2 is 1.65 bits per heavy atom. The van der Waals surface area contributed by atoms with Crippen LogP contribution in [0.25, 0.3) is 0 Å². The lowest BCUT2D eigenvalue weighted by Gasteiger charge is -2.07. The molecule has 0 aliphatic rings. The summed E-state index contributed by atoms with van der Waals surface area (Å²) in [4.78, 5) is 21.9. The highest BCUT2D eigenvalue weighted by molar-refractivity contribution is 7.89. The Morgan fingerprint density at radius 1 is 1.05 bits per heavy atom. The lowest BCUT2D eigenvalue weighted by Crippen LogP contribution is -2.28. The smallest absolute Gasteiger partial charge is 0.240 e. The van der Waals surface area contributed by atoms with Gasteiger partial charge in [-0.15, -0.1) is 0 Å². The van der Waals surface area contributed by atoms with Gasteiger partial charge in [-0.1, -0.05) is 12.1 Å². The third-order valence-electron chi connectivity index (χ3n) is 2.59. The van der Waals surface area contributed by atoms with Crippen LogP contribution in [0.1, 0.15) is 30.6 Å². The Kier molecular flexibility index (Phi) is 5.84. The first-order valence-corrected chi connectivity index (χ1v) is 7.66. The number of ketones is 1. The number of hydrogen-bond donors (Lipinski definition) is 2. The van der Waals surface area contributed by atoms with Crippen molar-refractivity contribution in [3.8, 4) is 0 Å². The molecule has 0 aliphatic carbocycles. The molecule has 0 heterocycles. The summed E-state index contributed by atoms with van der Waals surface area (Å²) in [6.07, 6.45) is 0.504. The molecule has 7 heteroatoms. The zero-order valence-electron chi connectivity index (χ0n) is 11.5. The molecule has 0 bridgehead atoms. The van der Waals surface area contributed by atoms with Crippen LogP contribution in [0.4, 0.5) is 0 Å². The number of amides is 1. The molecule has 0 aromatic heterocycles. The molecule has 1 aromatic rings. The lowest BCUT2D eigenvalue weighted by atomic mass is 10.2. The van der Waals surface area contributed by atoms with Crippen molar-refractivity contribution in [3.05, 3.63) is 29.8 Å². The quantitative estimate of drug-likeness (QED) is 0.572. The van der Waals surface area contributed by atoms with Crippen LogP contribution in [0.2, 0.25) is 0 Å². The largest absolute Gasteiger partial charge is 0.356 e. The normalized spacial score (nSPS) is 11.1. The summed E-state index contributed by atoms with van der Waals surface area (Å²) in [7, 11) is -3.58. The first-order chi connectivity index (χ1) is 9.33. The third kappa shape index (κ3) is 5.10. The van der Waals surface area contributed by atoms with Crippen LogP contribution in [0.15, 0.2) is 29.2 Å². The highest BCUT2D eigenvalue weighted by Gasteiger charge is 2.13. The van der Waals surface area contributed by atoms with E-state index in [2.05, 4.69) is 10.0 Å². The molecule has 110 valence electrons. The number of rotatable bonds is 7. The maximum absolute atomic E-state index is 11.9. The van der Waals surface area contributed by atoms with Gasteiger partial charge in [0.2, 0.25) is 15.9 Å². The Morgan fingerprint density at radius 3 is 2.15 bits per heavy atom. The summed E-state index contributed by atoms with van der Waals surface area (Å²) in [5.41, 5.74) is 0.467. The predicted molar refractivity (Wildman–Crippen MR) is 74.9 cm³/mol. The summed E-state index contributed by atoms with van der Waals surface area (Å²) in [5.74, 6) is -0.259. The van der Waals surface area contributed by atoms with Crippen molar-refractivity contribution in [1.29, 1.82) is 0 Å². The van der Waals surface area contributed by atoms with Gasteiger partial charge >= 0.3 is 0 Å². The number of nitrogens with one attached hydrogen (secondary N) is 2. The zero-order chi connectivity index (χ0) is 15.2. The molecule has 1 aromatic carbocycles. The van der Waals surface area contributed by atoms with Crippen molar-refractivity contribution in [2.75, 3.05) is 13.1 Å². The first kappa shape index (κ1) is 16.3. The Labute approximate surface area is 118 Å². The van der Waals surface area contributed by atoms with Gasteiger partial charge in [0.15, 0.2) is 5.78 Å². The van der Waals surface area contributed by atoms with Gasteiger partial charge in [0.1, 0.15) is 0 Å². The minimum atomic E-state index is -3.58. The van der Waals surface area contributed by atoms with Gasteiger partial charge in [-0.25, -0.2) is 13.1 Å². The van der Waals surface area contributed by atoms with E-state index in [1.54, 1.807) is 0 Å². The van der Waals surface area contributed by atoms with E-state index in [-0.39, 0.29) is 23.1 Å². The molecule has 0 atom stereocenters. The molecule has 2 N–H and O–H groups in total. The molecule has 0 saturated carbocycles. The predicted octanol–water partition coefficient (Wildman–Crippen LogP) is 0.694. The maximum Gasteiger partial charge on any atom is 0.240 e. The minimum Gasteiger partial charge on any atom is -0.356 e. The molecule has 1 amide bonds. The number of carbonyl (C=O) groups is 2. The molecule has 6 nitrogen and oxygen atoms in total. The summed E-state index contributed by atoms with van der Waals surface area (Å²) < 4.78 is 26.3. The van der Waals surface area contributed by atoms with Crippen LogP contribution < -0.4 is 10.0 Å². The molecule has 0 fully saturated rings. The van der Waals surface area contributed by atoms with E-state index >= 15 is 0 Å². The molecule has 0 unspecified atom stereocenters. The summed E-state index contributed by atoms with van der Waals surface area (Å²) in [5, 5.41) is 2.58. The van der Waals surface area contributed by atoms with Crippen molar-refractivity contribution in [2.24, 2.45) is 0 Å². The van der Waals surface area contributed by atoms with Crippen molar-refractivity contribution in [3.63, 3.8) is 0 Å². The first-order valence-electron chi connectivity index (χ1n) is 6.18. The maximum atomic E-state index is 11.9. The van der Waals surface area contributed by atoms with Crippen LogP contribution in [-0.2, 0) is 14.8 Å². The van der Waals surface area contributed by atoms with Gasteiger partial charge in [0, 0.05) is 25.6 Å². The topological polar surface area (TPSA) is 92.3 Å². The monoisotopic (exact) mass is 298 g/mol. The summed E-state index contributed by atoms with van der Waals surface area (Å²) >= 11 is 0. The van der Waals surface area contributed by atoms with Crippen LogP contribution in [-0.4, -0.2) is 33.2 Å². The van der Waals surface area contributed by atoms with E-state index in [0.29, 0.717) is 18.5 Å². The van der Waals surface area contributed by atoms with E-state index in [1.807, 2.05) is 0 Å². The molecule has 0 spiro atoms. The van der Waals surface area contributed by atoms with Crippen molar-refractivity contribution in [2.45, 2.75) is 25.2 Å². The van der Waals surface area contributed by atoms with Crippen LogP contribution in [0, 0.1) is 0 Å². The van der Waals surface area contributed by atoms with Gasteiger partial charge in [0.05, 0.1) is 4.90 Å². The molecular formula is C13H18N2O4S. The van der Waals surface area contributed by atoms with E-state index in [1.165, 1.54) is 38.1 Å². The molecule has 0 saturated heterocycles. The summed E-state index contributed by atoms with van der Waals surface area (Å²) in [6, 6.07) is 5.75. The van der Waals surface area contributed by atoms with Crippen LogP contribution in [0.3, 0.4) is 0 Å². The van der Waals surface area contributed by atoms with Gasteiger partial charge in [-0.3, -0.25) is 9.59 Å². The summed E-state index contributed by atoms with van der Waals surface area (Å²) in [6.45, 7) is 3.47. The Balaban J connectivity index is 2.56. The Hall–Kier alpha value is -1.73. The molecule has 0 radical (unpaired) electrons. The van der Waals surface area contributed by atoms with Crippen LogP contribution >= 0.6 is 0 Å². The number of sulfonamides is 1. The molecule has 1 rings (SSSR count). The van der Waals surface area contributed by atoms with Crippen molar-refractivity contribution < 1.29 is 18.0 Å². The average Bonchev–Trinajstić information content (AvgIpc) is 2.38. The number of carbonyl (C=O) groups excluding carboxylic acids is 2. The molecule has 0 aliphatic heterocycles. The van der Waals surface area contributed by atoms with Crippen LogP contribution in [0.5, 0.6) is 0 Å². The van der Waals surface area contributed by atoms with E-state index in [0.717, 1.165) is 0 Å². The highest BCUT2D eigenvalue weighted by Crippen LogP contribution is 2.10. The van der Waals surface area contributed by atoms with Crippen molar-refractivity contribution >= 4 is 21.7 Å². The lowest BCUT2D eigenvalue weighted by molar-refractivity contribution is -0.118. The molecular weight excluding hydrogens is 280 g/mol. The van der Waals surface area contributed by atoms with Gasteiger partial charge in [-0.2, -0.15) is 0 Å². The standard InChI is InChI=1S/C13H18N2O4S/c1-10(16)12-4-6-13(7-5-12)20(18,19)15-9-3-8-14-11(2)17/h4-7,15H,3,8-9H2,1-2H3,(H,14,17). The van der Waals surface area contributed by atoms with E-state index in [9.17, 15) is 18.0 Å². The Bertz CT molecular complexity index is 579. The van der Waals surface area contributed by atoms with Gasteiger partial charge in [0.25, 0.3) is 0 Å². The number of hydrogen-bond acceptors (Lipinski definition) is 4. The van der Waals surface area contributed by atoms with E-state index < -0.39 is 10.0 Å². The number of benzene rings is 1. The van der Waals surface area contributed by atoms with Crippen molar-refractivity contribution in [1.82, 2.24) is 10.0 Å². The SMILES string of the molecule is CC(=O)NCCCNS(=O)(=O)c1ccc(C(C)=O)cc1. The minimum absolute atomic E-state index is 0.113. The molecule has 20 heavy (non-hydrogen) atoms. The van der Waals surface area contributed by atoms with E-state index in [4.69, 9.17) is 0 Å². The zero-order valence-corrected chi connectivity index (χ0v) is 12.3. The third-order valence-corrected chi connectivity index (χ3v) is 4.07. The second-order valence-corrected chi connectivity index (χ2v) is 6.08. The average molecular weight is 298 g/mol. The highest BCUT2D eigenvalue weighted by atomic mass is 32.2. The fourth-order valence-corrected chi connectivity index (χ4v) is 2.59. The van der Waals surface area contributed by atoms with Gasteiger partial charge in [-0.05, 0) is 25.5 Å². The fraction of sp³-hybridized carbons (Fsp3) is 0.385.